The van der Waals surface area contributed by atoms with Crippen molar-refractivity contribution in [3.05, 3.63) is 12.5 Å². The van der Waals surface area contributed by atoms with Crippen molar-refractivity contribution < 1.29 is 5.11 Å². The summed E-state index contributed by atoms with van der Waals surface area (Å²) in [4.78, 5) is 7.78. The predicted octanol–water partition coefficient (Wildman–Crippen LogP) is -0.00600. The van der Waals surface area contributed by atoms with E-state index in [9.17, 15) is 0 Å². The summed E-state index contributed by atoms with van der Waals surface area (Å²) in [5.74, 6) is 0.659. The summed E-state index contributed by atoms with van der Waals surface area (Å²) in [6.07, 6.45) is 4.38. The molecule has 1 aromatic rings. The van der Waals surface area contributed by atoms with Gasteiger partial charge in [-0.2, -0.15) is 0 Å². The Hall–Kier alpha value is -1.36. The van der Waals surface area contributed by atoms with E-state index in [1.54, 1.807) is 6.20 Å². The molecule has 0 atom stereocenters. The summed E-state index contributed by atoms with van der Waals surface area (Å²) in [7, 11) is 0. The lowest BCUT2D eigenvalue weighted by Crippen LogP contribution is -2.39. The van der Waals surface area contributed by atoms with Crippen molar-refractivity contribution in [1.29, 1.82) is 0 Å². The molecule has 1 aliphatic carbocycles. The molecular formula is C8H12N4O. The number of rotatable bonds is 2. The van der Waals surface area contributed by atoms with Crippen LogP contribution in [0, 0.1) is 0 Å². The summed E-state index contributed by atoms with van der Waals surface area (Å²) in [6.45, 7) is 0. The first kappa shape index (κ1) is 8.25. The van der Waals surface area contributed by atoms with Gasteiger partial charge in [0, 0.05) is 6.04 Å². The smallest absolute Gasteiger partial charge is 0.152 e. The van der Waals surface area contributed by atoms with Crippen molar-refractivity contribution in [1.82, 2.24) is 9.97 Å². The van der Waals surface area contributed by atoms with Crippen molar-refractivity contribution in [2.75, 3.05) is 11.1 Å². The molecule has 1 aliphatic rings. The molecule has 0 radical (unpaired) electrons. The number of hydrogen-bond donors (Lipinski definition) is 3. The van der Waals surface area contributed by atoms with Gasteiger partial charge in [0.2, 0.25) is 0 Å². The lowest BCUT2D eigenvalue weighted by atomic mass is 9.89. The van der Waals surface area contributed by atoms with Crippen LogP contribution >= 0.6 is 0 Å². The maximum Gasteiger partial charge on any atom is 0.152 e. The number of nitrogens with zero attached hydrogens (tertiary/aromatic N) is 2. The highest BCUT2D eigenvalue weighted by Crippen LogP contribution is 2.24. The zero-order chi connectivity index (χ0) is 9.26. The van der Waals surface area contributed by atoms with Crippen LogP contribution < -0.4 is 11.1 Å². The number of aliphatic hydroxyl groups excluding tert-OH is 1. The van der Waals surface area contributed by atoms with Crippen molar-refractivity contribution in [2.24, 2.45) is 0 Å². The minimum absolute atomic E-state index is 0.166. The van der Waals surface area contributed by atoms with E-state index in [-0.39, 0.29) is 6.10 Å². The molecule has 0 aliphatic heterocycles. The fourth-order valence-corrected chi connectivity index (χ4v) is 1.36. The average molecular weight is 180 g/mol. The highest BCUT2D eigenvalue weighted by Gasteiger charge is 2.27. The van der Waals surface area contributed by atoms with Crippen LogP contribution in [-0.2, 0) is 0 Å². The summed E-state index contributed by atoms with van der Waals surface area (Å²) in [5.41, 5.74) is 6.18. The number of hydrogen-bond acceptors (Lipinski definition) is 5. The Morgan fingerprint density at radius 1 is 1.54 bits per heavy atom. The van der Waals surface area contributed by atoms with E-state index in [4.69, 9.17) is 10.8 Å². The van der Waals surface area contributed by atoms with E-state index in [1.165, 1.54) is 6.33 Å². The molecule has 4 N–H and O–H groups in total. The number of nitrogens with two attached hydrogens (primary N) is 1. The number of anilines is 2. The molecule has 1 aromatic heterocycles. The van der Waals surface area contributed by atoms with Gasteiger partial charge in [0.05, 0.1) is 18.0 Å². The lowest BCUT2D eigenvalue weighted by molar-refractivity contribution is 0.0835. The minimum atomic E-state index is -0.166. The van der Waals surface area contributed by atoms with E-state index in [1.807, 2.05) is 0 Å². The van der Waals surface area contributed by atoms with Gasteiger partial charge in [0.1, 0.15) is 6.33 Å². The minimum Gasteiger partial charge on any atom is -0.394 e. The van der Waals surface area contributed by atoms with Crippen LogP contribution in [0.2, 0.25) is 0 Å². The molecule has 1 saturated carbocycles. The van der Waals surface area contributed by atoms with E-state index in [0.29, 0.717) is 17.5 Å². The number of nitrogens with one attached hydrogen (secondary N) is 1. The van der Waals surface area contributed by atoms with Gasteiger partial charge in [0.15, 0.2) is 5.82 Å². The normalized spacial score (nSPS) is 26.5. The molecule has 1 fully saturated rings. The van der Waals surface area contributed by atoms with Gasteiger partial charge in [-0.3, -0.25) is 0 Å². The van der Waals surface area contributed by atoms with Crippen LogP contribution in [0.15, 0.2) is 12.5 Å². The summed E-state index contributed by atoms with van der Waals surface area (Å²) < 4.78 is 0. The molecule has 1 heterocycles. The van der Waals surface area contributed by atoms with Crippen molar-refractivity contribution >= 4 is 11.5 Å². The van der Waals surface area contributed by atoms with Crippen molar-refractivity contribution in [2.45, 2.75) is 25.0 Å². The van der Waals surface area contributed by atoms with Crippen LogP contribution in [0.3, 0.4) is 0 Å². The zero-order valence-corrected chi connectivity index (χ0v) is 7.14. The zero-order valence-electron chi connectivity index (χ0n) is 7.14. The van der Waals surface area contributed by atoms with Gasteiger partial charge in [0.25, 0.3) is 0 Å². The molecule has 0 bridgehead atoms. The van der Waals surface area contributed by atoms with Crippen LogP contribution in [0.1, 0.15) is 12.8 Å². The first-order valence-electron chi connectivity index (χ1n) is 4.26. The van der Waals surface area contributed by atoms with Crippen LogP contribution in [0.5, 0.6) is 0 Å². The van der Waals surface area contributed by atoms with E-state index in [0.717, 1.165) is 12.8 Å². The van der Waals surface area contributed by atoms with Gasteiger partial charge in [-0.1, -0.05) is 0 Å². The van der Waals surface area contributed by atoms with Gasteiger partial charge >= 0.3 is 0 Å². The van der Waals surface area contributed by atoms with Gasteiger partial charge in [-0.15, -0.1) is 0 Å². The van der Waals surface area contributed by atoms with E-state index >= 15 is 0 Å². The molecule has 5 heteroatoms. The second kappa shape index (κ2) is 3.18. The third kappa shape index (κ3) is 1.70. The molecule has 0 saturated heterocycles. The number of nitrogen functional groups attached to an aromatic ring is 1. The van der Waals surface area contributed by atoms with Gasteiger partial charge < -0.3 is 16.2 Å². The maximum atomic E-state index is 9.06. The predicted molar refractivity (Wildman–Crippen MR) is 49.1 cm³/mol. The van der Waals surface area contributed by atoms with Crippen molar-refractivity contribution in [3.63, 3.8) is 0 Å². The largest absolute Gasteiger partial charge is 0.394 e. The van der Waals surface area contributed by atoms with Crippen molar-refractivity contribution in [3.8, 4) is 0 Å². The first-order chi connectivity index (χ1) is 6.25. The average Bonchev–Trinajstić information content (AvgIpc) is 2.06. The molecule has 0 amide bonds. The monoisotopic (exact) mass is 180 g/mol. The molecule has 13 heavy (non-hydrogen) atoms. The van der Waals surface area contributed by atoms with Crippen LogP contribution in [0.4, 0.5) is 11.5 Å². The first-order valence-corrected chi connectivity index (χ1v) is 4.26. The lowest BCUT2D eigenvalue weighted by Gasteiger charge is -2.32. The Balaban J connectivity index is 1.98. The Kier molecular flexibility index (Phi) is 2.02. The second-order valence-corrected chi connectivity index (χ2v) is 3.29. The topological polar surface area (TPSA) is 84.1 Å². The van der Waals surface area contributed by atoms with Crippen LogP contribution in [0.25, 0.3) is 0 Å². The molecule has 70 valence electrons. The fraction of sp³-hybridized carbons (Fsp3) is 0.500. The molecule has 0 aromatic carbocycles. The third-order valence-electron chi connectivity index (χ3n) is 2.19. The third-order valence-corrected chi connectivity index (χ3v) is 2.19. The number of aromatic nitrogens is 2. The molecule has 0 unspecified atom stereocenters. The Morgan fingerprint density at radius 3 is 2.92 bits per heavy atom. The standard InChI is InChI=1S/C8H12N4O/c9-7-3-10-4-11-8(7)12-5-1-6(13)2-5/h3-6,13H,1-2,9H2,(H,10,11,12). The highest BCUT2D eigenvalue weighted by molar-refractivity contribution is 5.59. The Bertz CT molecular complexity index is 298. The van der Waals surface area contributed by atoms with Crippen LogP contribution in [-0.4, -0.2) is 27.2 Å². The summed E-state index contributed by atoms with van der Waals surface area (Å²) >= 11 is 0. The molecule has 2 rings (SSSR count). The Morgan fingerprint density at radius 2 is 2.31 bits per heavy atom. The summed E-state index contributed by atoms with van der Waals surface area (Å²) in [6, 6.07) is 0.298. The molecule has 5 nitrogen and oxygen atoms in total. The van der Waals surface area contributed by atoms with Gasteiger partial charge in [-0.25, -0.2) is 9.97 Å². The summed E-state index contributed by atoms with van der Waals surface area (Å²) in [5, 5.41) is 12.2. The molecular weight excluding hydrogens is 168 g/mol. The van der Waals surface area contributed by atoms with E-state index in [2.05, 4.69) is 15.3 Å². The molecule has 0 spiro atoms. The SMILES string of the molecule is Nc1cncnc1NC1CC(O)C1. The number of aliphatic hydroxyl groups is 1. The van der Waals surface area contributed by atoms with E-state index < -0.39 is 0 Å². The highest BCUT2D eigenvalue weighted by atomic mass is 16.3. The quantitative estimate of drug-likeness (QED) is 0.596. The van der Waals surface area contributed by atoms with Gasteiger partial charge in [-0.05, 0) is 12.8 Å². The fourth-order valence-electron chi connectivity index (χ4n) is 1.36. The second-order valence-electron chi connectivity index (χ2n) is 3.29. The maximum absolute atomic E-state index is 9.06. The Labute approximate surface area is 76.0 Å².